The average Bonchev–Trinajstić information content (AvgIpc) is 3.07. The maximum Gasteiger partial charge on any atom is 0.248 e. The van der Waals surface area contributed by atoms with E-state index in [4.69, 9.17) is 10.3 Å². The van der Waals surface area contributed by atoms with Gasteiger partial charge in [-0.05, 0) is 18.6 Å². The summed E-state index contributed by atoms with van der Waals surface area (Å²) < 4.78 is 6.94. The Morgan fingerprint density at radius 2 is 2.20 bits per heavy atom. The SMILES string of the molecule is Cc1cnccc1-c1noc(C(N)c2cnn(C)c2)n1. The third-order valence-electron chi connectivity index (χ3n) is 3.05. The van der Waals surface area contributed by atoms with Crippen LogP contribution < -0.4 is 5.73 Å². The molecule has 2 N–H and O–H groups in total. The fourth-order valence-corrected chi connectivity index (χ4v) is 1.94. The van der Waals surface area contributed by atoms with E-state index in [0.29, 0.717) is 11.7 Å². The van der Waals surface area contributed by atoms with E-state index in [2.05, 4.69) is 20.2 Å². The standard InChI is InChI=1S/C13H14N6O/c1-8-5-15-4-3-10(8)12-17-13(20-18-12)11(14)9-6-16-19(2)7-9/h3-7,11H,14H2,1-2H3. The molecule has 0 aliphatic heterocycles. The molecule has 0 radical (unpaired) electrons. The number of aromatic nitrogens is 5. The Balaban J connectivity index is 1.93. The summed E-state index contributed by atoms with van der Waals surface area (Å²) in [7, 11) is 1.83. The van der Waals surface area contributed by atoms with E-state index in [9.17, 15) is 0 Å². The maximum atomic E-state index is 6.10. The van der Waals surface area contributed by atoms with Crippen molar-refractivity contribution in [1.82, 2.24) is 24.9 Å². The summed E-state index contributed by atoms with van der Waals surface area (Å²) in [4.78, 5) is 8.40. The van der Waals surface area contributed by atoms with Gasteiger partial charge in [0.25, 0.3) is 0 Å². The molecule has 0 aromatic carbocycles. The van der Waals surface area contributed by atoms with Gasteiger partial charge in [-0.15, -0.1) is 0 Å². The van der Waals surface area contributed by atoms with Crippen molar-refractivity contribution in [3.05, 3.63) is 47.9 Å². The minimum absolute atomic E-state index is 0.365. The molecule has 0 spiro atoms. The van der Waals surface area contributed by atoms with E-state index < -0.39 is 6.04 Å². The van der Waals surface area contributed by atoms with E-state index in [0.717, 1.165) is 16.7 Å². The fraction of sp³-hybridized carbons (Fsp3) is 0.231. The van der Waals surface area contributed by atoms with E-state index >= 15 is 0 Å². The van der Waals surface area contributed by atoms with Gasteiger partial charge in [0.1, 0.15) is 6.04 Å². The molecule has 7 nitrogen and oxygen atoms in total. The first-order valence-corrected chi connectivity index (χ1v) is 6.14. The summed E-state index contributed by atoms with van der Waals surface area (Å²) in [5, 5.41) is 8.06. The van der Waals surface area contributed by atoms with Crippen molar-refractivity contribution in [2.75, 3.05) is 0 Å². The van der Waals surface area contributed by atoms with Crippen LogP contribution in [0.15, 0.2) is 35.4 Å². The maximum absolute atomic E-state index is 6.10. The summed E-state index contributed by atoms with van der Waals surface area (Å²) in [6.07, 6.45) is 6.96. The van der Waals surface area contributed by atoms with E-state index in [1.54, 1.807) is 23.3 Å². The molecule has 0 bridgehead atoms. The summed E-state index contributed by atoms with van der Waals surface area (Å²) in [5.41, 5.74) is 8.79. The molecule has 3 aromatic heterocycles. The molecule has 0 aliphatic carbocycles. The topological polar surface area (TPSA) is 95.6 Å². The second kappa shape index (κ2) is 4.86. The molecule has 3 rings (SSSR count). The van der Waals surface area contributed by atoms with Gasteiger partial charge in [0.05, 0.1) is 6.20 Å². The Morgan fingerprint density at radius 3 is 2.90 bits per heavy atom. The molecular formula is C13H14N6O. The number of aryl methyl sites for hydroxylation is 2. The summed E-state index contributed by atoms with van der Waals surface area (Å²) >= 11 is 0. The highest BCUT2D eigenvalue weighted by Gasteiger charge is 2.19. The molecular weight excluding hydrogens is 256 g/mol. The lowest BCUT2D eigenvalue weighted by atomic mass is 10.1. The first-order chi connectivity index (χ1) is 9.65. The van der Waals surface area contributed by atoms with Crippen molar-refractivity contribution in [1.29, 1.82) is 0 Å². The fourth-order valence-electron chi connectivity index (χ4n) is 1.94. The normalized spacial score (nSPS) is 12.6. The van der Waals surface area contributed by atoms with Crippen LogP contribution in [0.3, 0.4) is 0 Å². The third-order valence-corrected chi connectivity index (χ3v) is 3.05. The molecule has 20 heavy (non-hydrogen) atoms. The molecule has 3 heterocycles. The third kappa shape index (κ3) is 2.19. The predicted octanol–water partition coefficient (Wildman–Crippen LogP) is 1.22. The number of nitrogens with two attached hydrogens (primary N) is 1. The summed E-state index contributed by atoms with van der Waals surface area (Å²) in [6.45, 7) is 1.94. The van der Waals surface area contributed by atoms with Gasteiger partial charge in [-0.25, -0.2) is 0 Å². The highest BCUT2D eigenvalue weighted by atomic mass is 16.5. The Kier molecular flexibility index (Phi) is 3.03. The number of pyridine rings is 1. The molecule has 0 aliphatic rings. The zero-order valence-corrected chi connectivity index (χ0v) is 11.2. The highest BCUT2D eigenvalue weighted by Crippen LogP contribution is 2.23. The number of hydrogen-bond donors (Lipinski definition) is 1. The molecule has 0 fully saturated rings. The van der Waals surface area contributed by atoms with Crippen LogP contribution in [0.4, 0.5) is 0 Å². The molecule has 0 saturated carbocycles. The highest BCUT2D eigenvalue weighted by molar-refractivity contribution is 5.58. The smallest absolute Gasteiger partial charge is 0.248 e. The first kappa shape index (κ1) is 12.5. The lowest BCUT2D eigenvalue weighted by Gasteiger charge is -2.02. The average molecular weight is 270 g/mol. The summed E-state index contributed by atoms with van der Waals surface area (Å²) in [6, 6.07) is 1.37. The van der Waals surface area contributed by atoms with Crippen molar-refractivity contribution in [3.63, 3.8) is 0 Å². The zero-order chi connectivity index (χ0) is 14.1. The molecule has 0 amide bonds. The molecule has 1 unspecified atom stereocenters. The quantitative estimate of drug-likeness (QED) is 0.768. The number of nitrogens with zero attached hydrogens (tertiary/aromatic N) is 5. The van der Waals surface area contributed by atoms with E-state index in [1.807, 2.05) is 26.2 Å². The molecule has 0 saturated heterocycles. The van der Waals surface area contributed by atoms with E-state index in [-0.39, 0.29) is 0 Å². The van der Waals surface area contributed by atoms with Crippen LogP contribution in [-0.4, -0.2) is 24.9 Å². The Hall–Kier alpha value is -2.54. The summed E-state index contributed by atoms with van der Waals surface area (Å²) in [5.74, 6) is 0.878. The van der Waals surface area contributed by atoms with Crippen molar-refractivity contribution >= 4 is 0 Å². The van der Waals surface area contributed by atoms with Gasteiger partial charge in [-0.1, -0.05) is 5.16 Å². The van der Waals surface area contributed by atoms with E-state index in [1.165, 1.54) is 0 Å². The van der Waals surface area contributed by atoms with Crippen LogP contribution in [0.2, 0.25) is 0 Å². The molecule has 3 aromatic rings. The van der Waals surface area contributed by atoms with Crippen molar-refractivity contribution in [2.45, 2.75) is 13.0 Å². The molecule has 102 valence electrons. The van der Waals surface area contributed by atoms with Crippen LogP contribution in [0.5, 0.6) is 0 Å². The van der Waals surface area contributed by atoms with Gasteiger partial charge >= 0.3 is 0 Å². The van der Waals surface area contributed by atoms with Gasteiger partial charge in [0.15, 0.2) is 0 Å². The Labute approximate surface area is 115 Å². The van der Waals surface area contributed by atoms with Crippen molar-refractivity contribution < 1.29 is 4.52 Å². The number of rotatable bonds is 3. The first-order valence-electron chi connectivity index (χ1n) is 6.14. The van der Waals surface area contributed by atoms with Crippen molar-refractivity contribution in [2.24, 2.45) is 12.8 Å². The number of hydrogen-bond acceptors (Lipinski definition) is 6. The minimum Gasteiger partial charge on any atom is -0.337 e. The van der Waals surface area contributed by atoms with Crippen LogP contribution in [0.25, 0.3) is 11.4 Å². The lowest BCUT2D eigenvalue weighted by Crippen LogP contribution is -2.11. The van der Waals surface area contributed by atoms with Gasteiger partial charge in [-0.3, -0.25) is 9.67 Å². The minimum atomic E-state index is -0.480. The van der Waals surface area contributed by atoms with Crippen LogP contribution in [-0.2, 0) is 7.05 Å². The second-order valence-electron chi connectivity index (χ2n) is 4.57. The van der Waals surface area contributed by atoms with Gasteiger partial charge in [-0.2, -0.15) is 10.1 Å². The molecule has 1 atom stereocenters. The largest absolute Gasteiger partial charge is 0.337 e. The van der Waals surface area contributed by atoms with Gasteiger partial charge < -0.3 is 10.3 Å². The second-order valence-corrected chi connectivity index (χ2v) is 4.57. The monoisotopic (exact) mass is 270 g/mol. The van der Waals surface area contributed by atoms with Crippen LogP contribution in [0, 0.1) is 6.92 Å². The molecule has 7 heteroatoms. The van der Waals surface area contributed by atoms with Crippen LogP contribution in [0.1, 0.15) is 23.1 Å². The van der Waals surface area contributed by atoms with Crippen molar-refractivity contribution in [3.8, 4) is 11.4 Å². The Bertz CT molecular complexity index is 732. The Morgan fingerprint density at radius 1 is 1.35 bits per heavy atom. The predicted molar refractivity (Wildman–Crippen MR) is 71.5 cm³/mol. The lowest BCUT2D eigenvalue weighted by molar-refractivity contribution is 0.367. The van der Waals surface area contributed by atoms with Gasteiger partial charge in [0.2, 0.25) is 11.7 Å². The van der Waals surface area contributed by atoms with Crippen LogP contribution >= 0.6 is 0 Å². The zero-order valence-electron chi connectivity index (χ0n) is 11.2. The van der Waals surface area contributed by atoms with Gasteiger partial charge in [0, 0.05) is 36.8 Å².